The normalized spacial score (nSPS) is 9.74. The van der Waals surface area contributed by atoms with Crippen LogP contribution in [-0.2, 0) is 9.59 Å². The van der Waals surface area contributed by atoms with E-state index in [0.29, 0.717) is 23.1 Å². The third-order valence-corrected chi connectivity index (χ3v) is 3.16. The second-order valence-electron chi connectivity index (χ2n) is 4.82. The average molecular weight is 307 g/mol. The second kappa shape index (κ2) is 6.54. The molecule has 23 heavy (non-hydrogen) atoms. The standard InChI is InChI=1S/C17H13N3O3/c1-10(22)20-13-4-2-3-11(5-13)14-7-15(16(19)9-21)17(23)6-12(14)8-18/h2-7,9,19,23H,1H3,(H,20,22). The van der Waals surface area contributed by atoms with Crippen molar-refractivity contribution >= 4 is 23.6 Å². The summed E-state index contributed by atoms with van der Waals surface area (Å²) in [7, 11) is 0. The Balaban J connectivity index is 2.62. The van der Waals surface area contributed by atoms with Gasteiger partial charge in [0.15, 0.2) is 6.29 Å². The van der Waals surface area contributed by atoms with E-state index in [1.807, 2.05) is 6.07 Å². The van der Waals surface area contributed by atoms with Gasteiger partial charge in [-0.1, -0.05) is 12.1 Å². The fourth-order valence-electron chi connectivity index (χ4n) is 2.17. The number of hydrogen-bond donors (Lipinski definition) is 3. The molecule has 0 unspecified atom stereocenters. The van der Waals surface area contributed by atoms with Crippen LogP contribution in [0.2, 0.25) is 0 Å². The fraction of sp³-hybridized carbons (Fsp3) is 0.0588. The van der Waals surface area contributed by atoms with Crippen LogP contribution in [0.5, 0.6) is 5.75 Å². The van der Waals surface area contributed by atoms with Gasteiger partial charge < -0.3 is 10.4 Å². The summed E-state index contributed by atoms with van der Waals surface area (Å²) in [5.74, 6) is -0.530. The molecule has 0 radical (unpaired) electrons. The lowest BCUT2D eigenvalue weighted by atomic mass is 9.95. The molecule has 0 aromatic heterocycles. The van der Waals surface area contributed by atoms with E-state index in [1.165, 1.54) is 19.1 Å². The number of rotatable bonds is 4. The number of nitriles is 1. The van der Waals surface area contributed by atoms with E-state index in [-0.39, 0.29) is 28.5 Å². The first-order valence-electron chi connectivity index (χ1n) is 6.65. The molecule has 3 N–H and O–H groups in total. The van der Waals surface area contributed by atoms with Crippen LogP contribution < -0.4 is 5.32 Å². The number of aromatic hydroxyl groups is 1. The SMILES string of the molecule is CC(=O)Nc1cccc(-c2cc(C(=N)C=O)c(O)cc2C#N)c1. The molecule has 0 aliphatic rings. The van der Waals surface area contributed by atoms with Gasteiger partial charge in [0.25, 0.3) is 0 Å². The molecule has 1 amide bonds. The molecular weight excluding hydrogens is 294 g/mol. The van der Waals surface area contributed by atoms with Crippen molar-refractivity contribution in [2.45, 2.75) is 6.92 Å². The number of amides is 1. The molecule has 0 bridgehead atoms. The molecule has 0 atom stereocenters. The quantitative estimate of drug-likeness (QED) is 0.594. The molecule has 2 aromatic carbocycles. The van der Waals surface area contributed by atoms with E-state index in [0.717, 1.165) is 0 Å². The van der Waals surface area contributed by atoms with Crippen molar-refractivity contribution < 1.29 is 14.7 Å². The van der Waals surface area contributed by atoms with Crippen molar-refractivity contribution in [3.8, 4) is 22.9 Å². The minimum Gasteiger partial charge on any atom is -0.507 e. The van der Waals surface area contributed by atoms with Gasteiger partial charge in [0.1, 0.15) is 11.5 Å². The van der Waals surface area contributed by atoms with Crippen LogP contribution in [0.1, 0.15) is 18.1 Å². The van der Waals surface area contributed by atoms with Gasteiger partial charge in [-0.3, -0.25) is 15.0 Å². The predicted molar refractivity (Wildman–Crippen MR) is 85.5 cm³/mol. The summed E-state index contributed by atoms with van der Waals surface area (Å²) in [4.78, 5) is 21.9. The number of phenolic OH excluding ortho intramolecular Hbond substituents is 1. The third kappa shape index (κ3) is 3.41. The van der Waals surface area contributed by atoms with Crippen LogP contribution in [-0.4, -0.2) is 23.0 Å². The minimum atomic E-state index is -0.383. The lowest BCUT2D eigenvalue weighted by Crippen LogP contribution is -2.05. The third-order valence-electron chi connectivity index (χ3n) is 3.16. The van der Waals surface area contributed by atoms with Crippen LogP contribution in [0.15, 0.2) is 36.4 Å². The highest BCUT2D eigenvalue weighted by molar-refractivity contribution is 6.35. The Morgan fingerprint density at radius 2 is 2.09 bits per heavy atom. The van der Waals surface area contributed by atoms with E-state index >= 15 is 0 Å². The number of phenols is 1. The number of carbonyl (C=O) groups is 2. The maximum atomic E-state index is 11.1. The van der Waals surface area contributed by atoms with Crippen molar-refractivity contribution in [2.24, 2.45) is 0 Å². The second-order valence-corrected chi connectivity index (χ2v) is 4.82. The Labute approximate surface area is 132 Å². The Bertz CT molecular complexity index is 851. The summed E-state index contributed by atoms with van der Waals surface area (Å²) >= 11 is 0. The Kier molecular flexibility index (Phi) is 4.52. The predicted octanol–water partition coefficient (Wildman–Crippen LogP) is 2.46. The molecule has 114 valence electrons. The molecule has 6 heteroatoms. The van der Waals surface area contributed by atoms with E-state index in [9.17, 15) is 20.0 Å². The van der Waals surface area contributed by atoms with Crippen LogP contribution in [0.3, 0.4) is 0 Å². The van der Waals surface area contributed by atoms with E-state index in [1.54, 1.807) is 24.3 Å². The maximum absolute atomic E-state index is 11.1. The van der Waals surface area contributed by atoms with Gasteiger partial charge in [-0.25, -0.2) is 0 Å². The Morgan fingerprint density at radius 3 is 2.70 bits per heavy atom. The van der Waals surface area contributed by atoms with Crippen LogP contribution in [0.4, 0.5) is 5.69 Å². The van der Waals surface area contributed by atoms with Crippen molar-refractivity contribution in [3.63, 3.8) is 0 Å². The van der Waals surface area contributed by atoms with Gasteiger partial charge in [-0.05, 0) is 29.8 Å². The zero-order valence-corrected chi connectivity index (χ0v) is 12.3. The number of nitrogens with zero attached hydrogens (tertiary/aromatic N) is 1. The summed E-state index contributed by atoms with van der Waals surface area (Å²) < 4.78 is 0. The van der Waals surface area contributed by atoms with E-state index in [2.05, 4.69) is 5.32 Å². The highest BCUT2D eigenvalue weighted by atomic mass is 16.3. The monoisotopic (exact) mass is 307 g/mol. The first-order valence-corrected chi connectivity index (χ1v) is 6.65. The highest BCUT2D eigenvalue weighted by Gasteiger charge is 2.14. The molecular formula is C17H13N3O3. The molecule has 6 nitrogen and oxygen atoms in total. The Hall–Kier alpha value is -3.46. The fourth-order valence-corrected chi connectivity index (χ4v) is 2.17. The summed E-state index contributed by atoms with van der Waals surface area (Å²) in [5, 5.41) is 29.3. The molecule has 0 saturated carbocycles. The van der Waals surface area contributed by atoms with Crippen LogP contribution in [0, 0.1) is 16.7 Å². The minimum absolute atomic E-state index is 0.0407. The zero-order chi connectivity index (χ0) is 17.0. The number of carbonyl (C=O) groups excluding carboxylic acids is 2. The van der Waals surface area contributed by atoms with E-state index < -0.39 is 0 Å². The van der Waals surface area contributed by atoms with Gasteiger partial charge in [0, 0.05) is 23.7 Å². The lowest BCUT2D eigenvalue weighted by molar-refractivity contribution is -0.114. The molecule has 2 rings (SSSR count). The van der Waals surface area contributed by atoms with Crippen LogP contribution >= 0.6 is 0 Å². The number of benzene rings is 2. The molecule has 2 aromatic rings. The maximum Gasteiger partial charge on any atom is 0.221 e. The number of hydrogen-bond acceptors (Lipinski definition) is 5. The van der Waals surface area contributed by atoms with E-state index in [4.69, 9.17) is 5.41 Å². The molecule has 0 heterocycles. The summed E-state index contributed by atoms with van der Waals surface area (Å²) in [6.07, 6.45) is 0.318. The van der Waals surface area contributed by atoms with Gasteiger partial charge in [-0.2, -0.15) is 5.26 Å². The van der Waals surface area contributed by atoms with Crippen molar-refractivity contribution in [1.29, 1.82) is 10.7 Å². The largest absolute Gasteiger partial charge is 0.507 e. The van der Waals surface area contributed by atoms with Gasteiger partial charge in [0.2, 0.25) is 5.91 Å². The summed E-state index contributed by atoms with van der Waals surface area (Å²) in [6, 6.07) is 11.4. The molecule has 0 fully saturated rings. The number of nitrogens with one attached hydrogen (secondary N) is 2. The summed E-state index contributed by atoms with van der Waals surface area (Å²) in [5.41, 5.74) is 1.49. The average Bonchev–Trinajstić information content (AvgIpc) is 2.53. The molecule has 0 spiro atoms. The first-order chi connectivity index (χ1) is 11.0. The Morgan fingerprint density at radius 1 is 1.35 bits per heavy atom. The number of anilines is 1. The first kappa shape index (κ1) is 15.9. The van der Waals surface area contributed by atoms with Crippen molar-refractivity contribution in [2.75, 3.05) is 5.32 Å². The van der Waals surface area contributed by atoms with Gasteiger partial charge in [0.05, 0.1) is 11.6 Å². The summed E-state index contributed by atoms with van der Waals surface area (Å²) in [6.45, 7) is 1.39. The lowest BCUT2D eigenvalue weighted by Gasteiger charge is -2.10. The van der Waals surface area contributed by atoms with Crippen molar-refractivity contribution in [1.82, 2.24) is 0 Å². The van der Waals surface area contributed by atoms with Crippen LogP contribution in [0.25, 0.3) is 11.1 Å². The van der Waals surface area contributed by atoms with Crippen molar-refractivity contribution in [3.05, 3.63) is 47.5 Å². The smallest absolute Gasteiger partial charge is 0.221 e. The topological polar surface area (TPSA) is 114 Å². The van der Waals surface area contributed by atoms with Gasteiger partial charge >= 0.3 is 0 Å². The molecule has 0 aliphatic carbocycles. The molecule has 0 aliphatic heterocycles. The molecule has 0 saturated heterocycles. The zero-order valence-electron chi connectivity index (χ0n) is 12.3. The number of aldehydes is 1. The highest BCUT2D eigenvalue weighted by Crippen LogP contribution is 2.31. The van der Waals surface area contributed by atoms with Gasteiger partial charge in [-0.15, -0.1) is 0 Å².